The molecule has 10 rings (SSSR count). The molecule has 0 saturated heterocycles. The van der Waals surface area contributed by atoms with Gasteiger partial charge in [-0.1, -0.05) is 25.7 Å². The average molecular weight is 979 g/mol. The molecule has 8 aromatic rings. The maximum atomic E-state index is 15.7. The minimum atomic E-state index is -0.754. The van der Waals surface area contributed by atoms with Gasteiger partial charge in [-0.15, -0.1) is 0 Å². The quantitative estimate of drug-likeness (QED) is 0.0606. The summed E-state index contributed by atoms with van der Waals surface area (Å²) in [6, 6.07) is 4.47. The lowest BCUT2D eigenvalue weighted by atomic mass is 9.90. The first-order valence-electron chi connectivity index (χ1n) is 23.4. The molecule has 22 heteroatoms. The second-order valence-corrected chi connectivity index (χ2v) is 19.2. The molecule has 0 spiro atoms. The van der Waals surface area contributed by atoms with Crippen LogP contribution in [0, 0.1) is 37.1 Å². The number of benzene rings is 2. The van der Waals surface area contributed by atoms with Crippen molar-refractivity contribution < 1.29 is 27.1 Å². The van der Waals surface area contributed by atoms with Crippen LogP contribution in [0.4, 0.5) is 57.0 Å². The maximum Gasteiger partial charge on any atom is 0.407 e. The number of alkyl carbamates (subject to hydrolysis) is 1. The van der Waals surface area contributed by atoms with Gasteiger partial charge in [-0.3, -0.25) is 9.59 Å². The van der Waals surface area contributed by atoms with Crippen LogP contribution in [0.1, 0.15) is 83.3 Å². The summed E-state index contributed by atoms with van der Waals surface area (Å²) in [6.07, 6.45) is 12.2. The number of anilines is 6. The van der Waals surface area contributed by atoms with Gasteiger partial charge in [-0.05, 0) is 95.7 Å². The van der Waals surface area contributed by atoms with Crippen molar-refractivity contribution in [3.8, 4) is 0 Å². The van der Waals surface area contributed by atoms with Gasteiger partial charge in [0.25, 0.3) is 11.1 Å². The average Bonchev–Trinajstić information content (AvgIpc) is 3.88. The number of rotatable bonds is 9. The van der Waals surface area contributed by atoms with Gasteiger partial charge in [0.05, 0.1) is 62.4 Å². The fourth-order valence-electron chi connectivity index (χ4n) is 9.40. The number of amides is 1. The molecule has 0 radical (unpaired) electrons. The van der Waals surface area contributed by atoms with Crippen LogP contribution in [0.5, 0.6) is 0 Å². The number of aromatic amines is 4. The van der Waals surface area contributed by atoms with E-state index in [9.17, 15) is 23.2 Å². The van der Waals surface area contributed by atoms with Crippen molar-refractivity contribution in [2.45, 2.75) is 116 Å². The minimum Gasteiger partial charge on any atom is -0.444 e. The second kappa shape index (κ2) is 19.6. The molecule has 2 aliphatic rings. The predicted molar refractivity (Wildman–Crippen MR) is 266 cm³/mol. The Bertz CT molecular complexity index is 3440. The predicted octanol–water partition coefficient (Wildman–Crippen LogP) is 9.19. The number of carbonyl (C=O) groups is 1. The van der Waals surface area contributed by atoms with E-state index in [2.05, 4.69) is 66.9 Å². The Balaban J connectivity index is 0.000000179. The monoisotopic (exact) mass is 978 g/mol. The molecule has 71 heavy (non-hydrogen) atoms. The van der Waals surface area contributed by atoms with Crippen LogP contribution in [-0.2, 0) is 4.74 Å². The number of H-pyrrole nitrogens is 4. The van der Waals surface area contributed by atoms with Crippen molar-refractivity contribution in [3.05, 3.63) is 104 Å². The van der Waals surface area contributed by atoms with Crippen LogP contribution in [0.3, 0.4) is 0 Å². The lowest BCUT2D eigenvalue weighted by Crippen LogP contribution is -2.50. The van der Waals surface area contributed by atoms with Crippen molar-refractivity contribution in [1.29, 1.82) is 0 Å². The summed E-state index contributed by atoms with van der Waals surface area (Å²) in [6.45, 7) is 9.05. The van der Waals surface area contributed by atoms with Gasteiger partial charge in [-0.25, -0.2) is 42.5 Å². The van der Waals surface area contributed by atoms with E-state index in [1.54, 1.807) is 33.2 Å². The fourth-order valence-corrected chi connectivity index (χ4v) is 9.40. The summed E-state index contributed by atoms with van der Waals surface area (Å²) in [5.74, 6) is -2.37. The number of ether oxygens (including phenoxy) is 1. The number of nitrogens with zero attached hydrogens (tertiary/aromatic N) is 4. The van der Waals surface area contributed by atoms with Crippen LogP contribution < -0.4 is 43.4 Å². The first-order valence-corrected chi connectivity index (χ1v) is 23.4. The molecule has 0 bridgehead atoms. The first kappa shape index (κ1) is 48.3. The number of aryl methyl sites for hydroxylation is 2. The first-order chi connectivity index (χ1) is 33.9. The van der Waals surface area contributed by atoms with Crippen molar-refractivity contribution in [1.82, 2.24) is 45.6 Å². The minimum absolute atomic E-state index is 0.00307. The molecule has 372 valence electrons. The smallest absolute Gasteiger partial charge is 0.407 e. The second-order valence-electron chi connectivity index (χ2n) is 19.2. The molecule has 6 heterocycles. The molecular weight excluding hydrogens is 925 g/mol. The lowest BCUT2D eigenvalue weighted by molar-refractivity contribution is 0.0488. The molecule has 11 N–H and O–H groups in total. The van der Waals surface area contributed by atoms with E-state index in [4.69, 9.17) is 10.5 Å². The Morgan fingerprint density at radius 2 is 1.10 bits per heavy atom. The van der Waals surface area contributed by atoms with E-state index in [0.717, 1.165) is 49.7 Å². The highest BCUT2D eigenvalue weighted by Gasteiger charge is 2.31. The van der Waals surface area contributed by atoms with Crippen molar-refractivity contribution in [2.24, 2.45) is 5.73 Å². The Hall–Kier alpha value is -7.75. The topological polar surface area (TPSA) is 261 Å². The Morgan fingerprint density at radius 1 is 0.648 bits per heavy atom. The zero-order valence-electron chi connectivity index (χ0n) is 39.6. The van der Waals surface area contributed by atoms with Crippen molar-refractivity contribution in [2.75, 3.05) is 21.3 Å². The summed E-state index contributed by atoms with van der Waals surface area (Å²) in [5.41, 5.74) is 8.00. The van der Waals surface area contributed by atoms with Gasteiger partial charge in [0.1, 0.15) is 28.9 Å². The van der Waals surface area contributed by atoms with Crippen LogP contribution in [0.25, 0.3) is 43.4 Å². The summed E-state index contributed by atoms with van der Waals surface area (Å²) >= 11 is 0. The van der Waals surface area contributed by atoms with Crippen molar-refractivity contribution >= 4 is 84.1 Å². The van der Waals surface area contributed by atoms with Gasteiger partial charge in [-0.2, -0.15) is 10.2 Å². The van der Waals surface area contributed by atoms with Gasteiger partial charge < -0.3 is 47.0 Å². The molecule has 6 aromatic heterocycles. The highest BCUT2D eigenvalue weighted by atomic mass is 19.1. The molecule has 2 fully saturated rings. The number of hydrogen-bond donors (Lipinski definition) is 10. The zero-order valence-corrected chi connectivity index (χ0v) is 39.6. The van der Waals surface area contributed by atoms with Crippen LogP contribution in [0.15, 0.2) is 58.6 Å². The number of aromatic nitrogens is 8. The Kier molecular flexibility index (Phi) is 13.3. The number of nitrogens with one attached hydrogen (secondary N) is 9. The summed E-state index contributed by atoms with van der Waals surface area (Å²) in [4.78, 5) is 52.8. The largest absolute Gasteiger partial charge is 0.444 e. The number of hydrogen-bond acceptors (Lipinski definition) is 13. The normalized spacial score (nSPS) is 18.3. The molecule has 2 aliphatic carbocycles. The van der Waals surface area contributed by atoms with Crippen LogP contribution >= 0.6 is 0 Å². The molecular formula is C49H54F4N14O4. The molecule has 18 nitrogen and oxygen atoms in total. The third-order valence-electron chi connectivity index (χ3n) is 12.9. The lowest BCUT2D eigenvalue weighted by Gasteiger charge is -2.34. The SMILES string of the molecule is Cc1c[nH]c2c(Nc3nc(N[C@@H]4CCCC[C@@H]4N)c(F)c4cn[nH]c(=O)c34)cc(F)cc12.Cc1c[nH]c2c(Nc3nc(N[C@@H]4CCCC[C@@H]4NC(=O)OC(C)(C)C)c(F)c4cn[nH]c(=O)c34)cc(F)cc12. The summed E-state index contributed by atoms with van der Waals surface area (Å²) in [5, 5.41) is 28.6. The number of fused-ring (bicyclic) bond motifs is 4. The molecule has 1 amide bonds. The zero-order chi connectivity index (χ0) is 50.3. The van der Waals surface area contributed by atoms with Crippen LogP contribution in [-0.4, -0.2) is 76.2 Å². The Labute approximate surface area is 402 Å². The number of carbonyl (C=O) groups excluding carboxylic acids is 1. The van der Waals surface area contributed by atoms with Gasteiger partial charge in [0, 0.05) is 41.3 Å². The van der Waals surface area contributed by atoms with E-state index in [1.807, 2.05) is 13.8 Å². The highest BCUT2D eigenvalue weighted by molar-refractivity contribution is 6.01. The maximum absolute atomic E-state index is 15.7. The van der Waals surface area contributed by atoms with Crippen molar-refractivity contribution in [3.63, 3.8) is 0 Å². The number of nitrogens with two attached hydrogens (primary N) is 1. The van der Waals surface area contributed by atoms with Gasteiger partial charge >= 0.3 is 6.09 Å². The summed E-state index contributed by atoms with van der Waals surface area (Å²) < 4.78 is 65.2. The number of pyridine rings is 2. The molecule has 4 atom stereocenters. The van der Waals surface area contributed by atoms with E-state index in [-0.39, 0.29) is 69.0 Å². The van der Waals surface area contributed by atoms with E-state index in [0.29, 0.717) is 46.0 Å². The fraction of sp³-hybridized carbons (Fsp3) is 0.367. The highest BCUT2D eigenvalue weighted by Crippen LogP contribution is 2.36. The Morgan fingerprint density at radius 3 is 1.58 bits per heavy atom. The third-order valence-corrected chi connectivity index (χ3v) is 12.9. The van der Waals surface area contributed by atoms with Gasteiger partial charge in [0.15, 0.2) is 23.3 Å². The van der Waals surface area contributed by atoms with E-state index in [1.165, 1.54) is 36.7 Å². The molecule has 2 aromatic carbocycles. The third kappa shape index (κ3) is 10.1. The van der Waals surface area contributed by atoms with Gasteiger partial charge in [0.2, 0.25) is 0 Å². The van der Waals surface area contributed by atoms with E-state index >= 15 is 8.78 Å². The number of halogens is 4. The van der Waals surface area contributed by atoms with E-state index < -0.39 is 46.1 Å². The summed E-state index contributed by atoms with van der Waals surface area (Å²) in [7, 11) is 0. The molecule has 2 saturated carbocycles. The molecule has 0 unspecified atom stereocenters. The molecule has 0 aliphatic heterocycles. The standard InChI is InChI=1S/C27H31F2N7O3.C22H23F2N7O/c1-13-11-30-22-15(13)9-14(28)10-19(22)33-23-20-16(12-31-36-25(20)37)21(29)24(35-23)32-17-7-5-6-8-18(17)34-26(38)39-27(2,3)4;1-10-8-26-19-12(10)6-11(23)7-16(19)29-20-17-13(9-27-31-22(17)32)18(24)21(30-20)28-15-5-3-2-4-14(15)25/h9-12,17-18,30H,5-8H2,1-4H3,(H,34,38)(H,36,37)(H2,32,33,35);6-9,14-15,26H,2-5,25H2,1H3,(H,31,32)(H2,28,29,30)/t17-,18+;14-,15+/m10/s1. The van der Waals surface area contributed by atoms with Crippen LogP contribution in [0.2, 0.25) is 0 Å².